The summed E-state index contributed by atoms with van der Waals surface area (Å²) < 4.78 is 26.8. The Morgan fingerprint density at radius 1 is 0.897 bits per heavy atom. The van der Waals surface area contributed by atoms with Crippen molar-refractivity contribution < 1.29 is 13.2 Å². The minimum absolute atomic E-state index is 0.0565. The molecule has 0 N–H and O–H groups in total. The summed E-state index contributed by atoms with van der Waals surface area (Å²) in [7, 11) is -0.777. The number of sulfonamides is 1. The summed E-state index contributed by atoms with van der Waals surface area (Å²) in [6.45, 7) is 0.371. The molecule has 0 unspecified atom stereocenters. The third kappa shape index (κ3) is 4.75. The van der Waals surface area contributed by atoms with Crippen molar-refractivity contribution >= 4 is 37.5 Å². The van der Waals surface area contributed by atoms with Gasteiger partial charge in [0.25, 0.3) is 5.91 Å². The number of carbonyl (C=O) groups is 1. The smallest absolute Gasteiger partial charge is 0.258 e. The molecule has 3 aromatic rings. The van der Waals surface area contributed by atoms with Gasteiger partial charge in [-0.3, -0.25) is 4.79 Å². The summed E-state index contributed by atoms with van der Waals surface area (Å²) in [4.78, 5) is 15.1. The van der Waals surface area contributed by atoms with Crippen LogP contribution in [0.4, 0.5) is 5.69 Å². The quantitative estimate of drug-likeness (QED) is 0.528. The highest BCUT2D eigenvalue weighted by atomic mass is 79.9. The van der Waals surface area contributed by atoms with Gasteiger partial charge in [-0.15, -0.1) is 0 Å². The Morgan fingerprint density at radius 3 is 2.07 bits per heavy atom. The zero-order valence-electron chi connectivity index (χ0n) is 16.1. The van der Waals surface area contributed by atoms with Crippen molar-refractivity contribution in [2.24, 2.45) is 0 Å². The molecule has 0 aliphatic rings. The third-order valence-electron chi connectivity index (χ3n) is 4.43. The zero-order chi connectivity index (χ0) is 21.0. The first-order chi connectivity index (χ1) is 13.8. The molecule has 0 spiro atoms. The number of rotatable bonds is 6. The van der Waals surface area contributed by atoms with Crippen LogP contribution in [0.25, 0.3) is 0 Å². The second-order valence-corrected chi connectivity index (χ2v) is 9.62. The van der Waals surface area contributed by atoms with Gasteiger partial charge in [0.15, 0.2) is 0 Å². The first-order valence-electron chi connectivity index (χ1n) is 8.93. The van der Waals surface area contributed by atoms with Crippen molar-refractivity contribution in [1.29, 1.82) is 0 Å². The van der Waals surface area contributed by atoms with Crippen LogP contribution in [0, 0.1) is 0 Å². The highest BCUT2D eigenvalue weighted by molar-refractivity contribution is 9.10. The van der Waals surface area contributed by atoms with Crippen molar-refractivity contribution in [3.63, 3.8) is 0 Å². The van der Waals surface area contributed by atoms with E-state index in [9.17, 15) is 13.2 Å². The van der Waals surface area contributed by atoms with Crippen LogP contribution in [0.2, 0.25) is 0 Å². The molecule has 0 saturated carbocycles. The molecule has 3 aromatic carbocycles. The molecule has 5 nitrogen and oxygen atoms in total. The Labute approximate surface area is 179 Å². The Kier molecular flexibility index (Phi) is 6.52. The average molecular weight is 473 g/mol. The lowest BCUT2D eigenvalue weighted by atomic mass is 10.1. The summed E-state index contributed by atoms with van der Waals surface area (Å²) in [5.74, 6) is -0.275. The number of halogens is 1. The maximum absolute atomic E-state index is 13.4. The average Bonchev–Trinajstić information content (AvgIpc) is 2.73. The topological polar surface area (TPSA) is 57.7 Å². The van der Waals surface area contributed by atoms with E-state index in [4.69, 9.17) is 0 Å². The SMILES string of the molecule is CN(C)S(=O)(=O)c1cc(C(=O)N(Cc2ccccc2)c2ccccc2)ccc1Br. The van der Waals surface area contributed by atoms with Crippen LogP contribution in [-0.4, -0.2) is 32.7 Å². The van der Waals surface area contributed by atoms with Crippen LogP contribution >= 0.6 is 15.9 Å². The van der Waals surface area contributed by atoms with Crippen LogP contribution in [0.15, 0.2) is 88.2 Å². The van der Waals surface area contributed by atoms with Crippen LogP contribution in [0.3, 0.4) is 0 Å². The molecule has 0 atom stereocenters. The van der Waals surface area contributed by atoms with Gasteiger partial charge in [-0.2, -0.15) is 0 Å². The number of hydrogen-bond acceptors (Lipinski definition) is 3. The number of nitrogens with zero attached hydrogens (tertiary/aromatic N) is 2. The molecule has 0 aliphatic heterocycles. The summed E-state index contributed by atoms with van der Waals surface area (Å²) >= 11 is 3.29. The van der Waals surface area contributed by atoms with Gasteiger partial charge in [0.05, 0.1) is 11.4 Å². The van der Waals surface area contributed by atoms with Gasteiger partial charge in [0.1, 0.15) is 0 Å². The molecule has 1 amide bonds. The second-order valence-electron chi connectivity index (χ2n) is 6.65. The standard InChI is InChI=1S/C22H21BrN2O3S/c1-24(2)29(27,28)21-15-18(13-14-20(21)23)22(26)25(19-11-7-4-8-12-19)16-17-9-5-3-6-10-17/h3-15H,16H2,1-2H3. The van der Waals surface area contributed by atoms with Crippen LogP contribution in [-0.2, 0) is 16.6 Å². The van der Waals surface area contributed by atoms with Crippen molar-refractivity contribution in [2.75, 3.05) is 19.0 Å². The van der Waals surface area contributed by atoms with Crippen molar-refractivity contribution in [3.8, 4) is 0 Å². The summed E-state index contributed by atoms with van der Waals surface area (Å²) in [6.07, 6.45) is 0. The van der Waals surface area contributed by atoms with E-state index in [0.29, 0.717) is 16.6 Å². The van der Waals surface area contributed by atoms with Gasteiger partial charge in [-0.1, -0.05) is 48.5 Å². The number of hydrogen-bond donors (Lipinski definition) is 0. The van der Waals surface area contributed by atoms with Crippen LogP contribution < -0.4 is 4.90 Å². The lowest BCUT2D eigenvalue weighted by Gasteiger charge is -2.24. The molecule has 0 fully saturated rings. The minimum atomic E-state index is -3.70. The summed E-state index contributed by atoms with van der Waals surface area (Å²) in [5.41, 5.74) is 2.01. The molecule has 7 heteroatoms. The van der Waals surface area contributed by atoms with Crippen LogP contribution in [0.1, 0.15) is 15.9 Å². The highest BCUT2D eigenvalue weighted by Crippen LogP contribution is 2.27. The van der Waals surface area contributed by atoms with Crippen molar-refractivity contribution in [1.82, 2.24) is 4.31 Å². The Hall–Kier alpha value is -2.48. The first kappa shape index (κ1) is 21.2. The van der Waals surface area contributed by atoms with E-state index in [1.807, 2.05) is 60.7 Å². The summed E-state index contributed by atoms with van der Waals surface area (Å²) in [5, 5.41) is 0. The fraction of sp³-hybridized carbons (Fsp3) is 0.136. The highest BCUT2D eigenvalue weighted by Gasteiger charge is 2.24. The Bertz CT molecular complexity index is 1100. The lowest BCUT2D eigenvalue weighted by Crippen LogP contribution is -2.31. The zero-order valence-corrected chi connectivity index (χ0v) is 18.5. The van der Waals surface area contributed by atoms with E-state index < -0.39 is 10.0 Å². The number of benzene rings is 3. The van der Waals surface area contributed by atoms with E-state index in [-0.39, 0.29) is 10.8 Å². The monoisotopic (exact) mass is 472 g/mol. The maximum Gasteiger partial charge on any atom is 0.258 e. The van der Waals surface area contributed by atoms with E-state index >= 15 is 0 Å². The molecule has 0 saturated heterocycles. The van der Waals surface area contributed by atoms with Crippen molar-refractivity contribution in [3.05, 3.63) is 94.5 Å². The molecule has 0 aliphatic carbocycles. The second kappa shape index (κ2) is 8.90. The molecule has 0 aromatic heterocycles. The maximum atomic E-state index is 13.4. The Balaban J connectivity index is 2.05. The molecule has 0 bridgehead atoms. The molecule has 3 rings (SSSR count). The fourth-order valence-electron chi connectivity index (χ4n) is 2.84. The largest absolute Gasteiger partial charge is 0.304 e. The molecular formula is C22H21BrN2O3S. The lowest BCUT2D eigenvalue weighted by molar-refractivity contribution is 0.0985. The van der Waals surface area contributed by atoms with Crippen LogP contribution in [0.5, 0.6) is 0 Å². The predicted octanol–water partition coefficient (Wildman–Crippen LogP) is 4.55. The molecule has 0 heterocycles. The first-order valence-corrected chi connectivity index (χ1v) is 11.2. The van der Waals surface area contributed by atoms with E-state index in [0.717, 1.165) is 15.6 Å². The normalized spacial score (nSPS) is 11.4. The summed E-state index contributed by atoms with van der Waals surface area (Å²) in [6, 6.07) is 23.6. The van der Waals surface area contributed by atoms with E-state index in [1.54, 1.807) is 17.0 Å². The van der Waals surface area contributed by atoms with Gasteiger partial charge >= 0.3 is 0 Å². The van der Waals surface area contributed by atoms with Gasteiger partial charge in [0, 0.05) is 29.8 Å². The van der Waals surface area contributed by atoms with Gasteiger partial charge in [0.2, 0.25) is 10.0 Å². The van der Waals surface area contributed by atoms with Gasteiger partial charge < -0.3 is 4.90 Å². The molecule has 150 valence electrons. The molecule has 0 radical (unpaired) electrons. The minimum Gasteiger partial charge on any atom is -0.304 e. The van der Waals surface area contributed by atoms with Gasteiger partial charge in [-0.05, 0) is 51.8 Å². The predicted molar refractivity (Wildman–Crippen MR) is 118 cm³/mol. The molecule has 29 heavy (non-hydrogen) atoms. The molecular weight excluding hydrogens is 452 g/mol. The Morgan fingerprint density at radius 2 is 1.48 bits per heavy atom. The van der Waals surface area contributed by atoms with Crippen molar-refractivity contribution in [2.45, 2.75) is 11.4 Å². The number of carbonyl (C=O) groups excluding carboxylic acids is 1. The number of amides is 1. The van der Waals surface area contributed by atoms with E-state index in [2.05, 4.69) is 15.9 Å². The third-order valence-corrected chi connectivity index (χ3v) is 7.24. The number of para-hydroxylation sites is 1. The fourth-order valence-corrected chi connectivity index (χ4v) is 4.68. The van der Waals surface area contributed by atoms with Gasteiger partial charge in [-0.25, -0.2) is 12.7 Å². The van der Waals surface area contributed by atoms with E-state index in [1.165, 1.54) is 20.2 Å². The number of anilines is 1.